The zero-order valence-corrected chi connectivity index (χ0v) is 21.3. The Morgan fingerprint density at radius 3 is 2.41 bits per heavy atom. The van der Waals surface area contributed by atoms with Gasteiger partial charge in [0.2, 0.25) is 9.84 Å². The molecule has 1 saturated carbocycles. The Labute approximate surface area is 215 Å². The molecule has 8 heteroatoms. The molecule has 0 radical (unpaired) electrons. The van der Waals surface area contributed by atoms with Crippen molar-refractivity contribution in [1.29, 1.82) is 0 Å². The lowest BCUT2D eigenvalue weighted by atomic mass is 9.94. The average molecular weight is 514 g/mol. The van der Waals surface area contributed by atoms with Gasteiger partial charge in [0, 0.05) is 12.6 Å². The van der Waals surface area contributed by atoms with Gasteiger partial charge >= 0.3 is 0 Å². The van der Waals surface area contributed by atoms with Crippen LogP contribution in [0.15, 0.2) is 81.3 Å². The maximum absolute atomic E-state index is 13.2. The van der Waals surface area contributed by atoms with Crippen molar-refractivity contribution < 1.29 is 13.2 Å². The molecule has 2 heterocycles. The summed E-state index contributed by atoms with van der Waals surface area (Å²) in [5.41, 5.74) is 5.12. The predicted octanol–water partition coefficient (Wildman–Crippen LogP) is 4.02. The molecule has 1 amide bonds. The van der Waals surface area contributed by atoms with E-state index in [1.165, 1.54) is 18.2 Å². The van der Waals surface area contributed by atoms with Crippen molar-refractivity contribution in [3.63, 3.8) is 0 Å². The van der Waals surface area contributed by atoms with Crippen LogP contribution in [0.2, 0.25) is 0 Å². The number of rotatable bonds is 6. The summed E-state index contributed by atoms with van der Waals surface area (Å²) >= 11 is 0. The highest BCUT2D eigenvalue weighted by atomic mass is 32.2. The highest BCUT2D eigenvalue weighted by Crippen LogP contribution is 2.36. The van der Waals surface area contributed by atoms with Crippen LogP contribution in [0.4, 0.5) is 0 Å². The van der Waals surface area contributed by atoms with E-state index in [0.29, 0.717) is 30.8 Å². The molecule has 6 rings (SSSR count). The molecule has 37 heavy (non-hydrogen) atoms. The molecular weight excluding hydrogens is 486 g/mol. The van der Waals surface area contributed by atoms with Crippen molar-refractivity contribution in [2.24, 2.45) is 0 Å². The predicted molar refractivity (Wildman–Crippen MR) is 141 cm³/mol. The Bertz CT molecular complexity index is 1680. The third-order valence-corrected chi connectivity index (χ3v) is 8.89. The summed E-state index contributed by atoms with van der Waals surface area (Å²) in [7, 11) is -3.97. The molecule has 2 aromatic carbocycles. The van der Waals surface area contributed by atoms with Gasteiger partial charge in [-0.1, -0.05) is 48.0 Å². The molecule has 2 aromatic heterocycles. The second kappa shape index (κ2) is 8.88. The van der Waals surface area contributed by atoms with Gasteiger partial charge in [-0.3, -0.25) is 9.59 Å². The van der Waals surface area contributed by atoms with Crippen LogP contribution in [0.3, 0.4) is 0 Å². The number of sulfone groups is 1. The van der Waals surface area contributed by atoms with Gasteiger partial charge in [0.15, 0.2) is 0 Å². The highest BCUT2D eigenvalue weighted by Gasteiger charge is 2.31. The van der Waals surface area contributed by atoms with Gasteiger partial charge < -0.3 is 14.9 Å². The third-order valence-electron chi connectivity index (χ3n) is 7.11. The zero-order chi connectivity index (χ0) is 25.7. The number of aromatic nitrogens is 2. The molecule has 0 aliphatic heterocycles. The van der Waals surface area contributed by atoms with E-state index in [9.17, 15) is 18.0 Å². The standard InChI is InChI=1S/C29H27N3O4S/c1-18-7-9-19(10-8-18)17-32-24(28(33)30-22-13-14-22)15-21-12-11-20-16-25(29(34)31-26(20)27(21)32)37(35,36)23-5-3-2-4-6-23/h2-10,15-16,22H,11-14,17H2,1H3,(H,30,33)(H,31,34). The Morgan fingerprint density at radius 1 is 1.00 bits per heavy atom. The Kier molecular flexibility index (Phi) is 5.64. The smallest absolute Gasteiger partial charge is 0.268 e. The molecule has 4 aromatic rings. The van der Waals surface area contributed by atoms with Gasteiger partial charge in [0.25, 0.3) is 11.5 Å². The number of carbonyl (C=O) groups excluding carboxylic acids is 1. The van der Waals surface area contributed by atoms with Gasteiger partial charge in [0.1, 0.15) is 10.6 Å². The molecule has 0 unspecified atom stereocenters. The summed E-state index contributed by atoms with van der Waals surface area (Å²) in [6.45, 7) is 2.48. The third kappa shape index (κ3) is 4.31. The first-order valence-corrected chi connectivity index (χ1v) is 13.9. The number of benzene rings is 2. The van der Waals surface area contributed by atoms with Crippen LogP contribution in [-0.2, 0) is 29.2 Å². The number of hydrogen-bond donors (Lipinski definition) is 2. The summed E-state index contributed by atoms with van der Waals surface area (Å²) in [4.78, 5) is 29.1. The van der Waals surface area contributed by atoms with Gasteiger partial charge in [-0.2, -0.15) is 0 Å². The van der Waals surface area contributed by atoms with Crippen LogP contribution >= 0.6 is 0 Å². The number of fused-ring (bicyclic) bond motifs is 3. The number of pyridine rings is 1. The number of nitrogens with zero attached hydrogens (tertiary/aromatic N) is 1. The fourth-order valence-electron chi connectivity index (χ4n) is 4.96. The molecular formula is C29H27N3O4S. The number of aryl methyl sites for hydroxylation is 3. The second-order valence-electron chi connectivity index (χ2n) is 9.90. The van der Waals surface area contributed by atoms with E-state index in [4.69, 9.17) is 0 Å². The summed E-state index contributed by atoms with van der Waals surface area (Å²) in [6, 6.07) is 19.8. The highest BCUT2D eigenvalue weighted by molar-refractivity contribution is 7.91. The van der Waals surface area contributed by atoms with Crippen LogP contribution in [0.1, 0.15) is 45.6 Å². The quantitative estimate of drug-likeness (QED) is 0.407. The van der Waals surface area contributed by atoms with E-state index in [0.717, 1.165) is 40.8 Å². The fraction of sp³-hybridized carbons (Fsp3) is 0.241. The van der Waals surface area contributed by atoms with Crippen LogP contribution in [0.5, 0.6) is 0 Å². The maximum atomic E-state index is 13.2. The number of H-pyrrole nitrogens is 1. The number of hydrogen-bond acceptors (Lipinski definition) is 4. The van der Waals surface area contributed by atoms with E-state index < -0.39 is 15.4 Å². The van der Waals surface area contributed by atoms with E-state index in [-0.39, 0.29) is 21.7 Å². The molecule has 0 atom stereocenters. The molecule has 0 saturated heterocycles. The molecule has 2 aliphatic carbocycles. The van der Waals surface area contributed by atoms with Crippen molar-refractivity contribution in [3.05, 3.63) is 105 Å². The van der Waals surface area contributed by atoms with Crippen molar-refractivity contribution in [2.75, 3.05) is 0 Å². The fourth-order valence-corrected chi connectivity index (χ4v) is 6.32. The second-order valence-corrected chi connectivity index (χ2v) is 11.8. The van der Waals surface area contributed by atoms with E-state index in [1.54, 1.807) is 18.2 Å². The maximum Gasteiger partial charge on any atom is 0.268 e. The topological polar surface area (TPSA) is 101 Å². The first kappa shape index (κ1) is 23.5. The van der Waals surface area contributed by atoms with Crippen LogP contribution < -0.4 is 10.9 Å². The Hall–Kier alpha value is -3.91. The number of aromatic amines is 1. The monoisotopic (exact) mass is 513 g/mol. The average Bonchev–Trinajstić information content (AvgIpc) is 3.63. The normalized spacial score (nSPS) is 14.6. The first-order valence-electron chi connectivity index (χ1n) is 12.5. The SMILES string of the molecule is Cc1ccc(Cn2c(C(=O)NC3CC3)cc3c2-c2[nH]c(=O)c(S(=O)(=O)c4ccccc4)cc2CC3)cc1. The van der Waals surface area contributed by atoms with Crippen molar-refractivity contribution >= 4 is 15.7 Å². The van der Waals surface area contributed by atoms with Gasteiger partial charge in [-0.15, -0.1) is 0 Å². The molecule has 0 spiro atoms. The molecule has 2 aliphatic rings. The minimum Gasteiger partial charge on any atom is -0.348 e. The van der Waals surface area contributed by atoms with E-state index in [2.05, 4.69) is 10.3 Å². The van der Waals surface area contributed by atoms with Gasteiger partial charge in [0.05, 0.1) is 16.3 Å². The molecule has 7 nitrogen and oxygen atoms in total. The molecule has 1 fully saturated rings. The summed E-state index contributed by atoms with van der Waals surface area (Å²) in [5, 5.41) is 3.09. The summed E-state index contributed by atoms with van der Waals surface area (Å²) < 4.78 is 28.4. The van der Waals surface area contributed by atoms with Crippen molar-refractivity contribution in [3.8, 4) is 11.4 Å². The summed E-state index contributed by atoms with van der Waals surface area (Å²) in [6.07, 6.45) is 3.18. The van der Waals surface area contributed by atoms with E-state index in [1.807, 2.05) is 41.8 Å². The van der Waals surface area contributed by atoms with Crippen LogP contribution in [0.25, 0.3) is 11.4 Å². The largest absolute Gasteiger partial charge is 0.348 e. The minimum absolute atomic E-state index is 0.0822. The van der Waals surface area contributed by atoms with Crippen molar-refractivity contribution in [1.82, 2.24) is 14.9 Å². The van der Waals surface area contributed by atoms with Crippen molar-refractivity contribution in [2.45, 2.75) is 55.0 Å². The number of amides is 1. The molecule has 0 bridgehead atoms. The number of nitrogens with one attached hydrogen (secondary N) is 2. The zero-order valence-electron chi connectivity index (χ0n) is 20.5. The number of carbonyl (C=O) groups is 1. The lowest BCUT2D eigenvalue weighted by molar-refractivity contribution is 0.0942. The Morgan fingerprint density at radius 2 is 1.70 bits per heavy atom. The van der Waals surface area contributed by atoms with Crippen LogP contribution in [-0.4, -0.2) is 29.9 Å². The lowest BCUT2D eigenvalue weighted by Gasteiger charge is -2.21. The Balaban J connectivity index is 1.49. The van der Waals surface area contributed by atoms with Crippen LogP contribution in [0, 0.1) is 6.92 Å². The molecule has 2 N–H and O–H groups in total. The lowest BCUT2D eigenvalue weighted by Crippen LogP contribution is -2.28. The molecule has 188 valence electrons. The van der Waals surface area contributed by atoms with Gasteiger partial charge in [-0.05, 0) is 73.6 Å². The first-order chi connectivity index (χ1) is 17.8. The minimum atomic E-state index is -3.97. The van der Waals surface area contributed by atoms with E-state index >= 15 is 0 Å². The summed E-state index contributed by atoms with van der Waals surface area (Å²) in [5.74, 6) is -0.129. The van der Waals surface area contributed by atoms with Gasteiger partial charge in [-0.25, -0.2) is 8.42 Å².